The van der Waals surface area contributed by atoms with E-state index in [9.17, 15) is 0 Å². The largest absolute Gasteiger partial charge is 0.377 e. The Morgan fingerprint density at radius 3 is 2.55 bits per heavy atom. The van der Waals surface area contributed by atoms with Crippen LogP contribution < -0.4 is 0 Å². The van der Waals surface area contributed by atoms with Crippen LogP contribution in [0.15, 0.2) is 12.7 Å². The molecule has 0 radical (unpaired) electrons. The van der Waals surface area contributed by atoms with Crippen LogP contribution in [0.2, 0.25) is 0 Å². The molecule has 2 saturated heterocycles. The number of hydrogen-bond donors (Lipinski definition) is 0. The molecule has 0 N–H and O–H groups in total. The Morgan fingerprint density at radius 1 is 1.55 bits per heavy atom. The monoisotopic (exact) mass is 158 g/mol. The summed E-state index contributed by atoms with van der Waals surface area (Å²) in [6.45, 7) is 7.75. The number of ether oxygens (including phenoxy) is 3. The quantitative estimate of drug-likeness (QED) is 0.341. The van der Waals surface area contributed by atoms with E-state index in [0.29, 0.717) is 12.7 Å². The van der Waals surface area contributed by atoms with Crippen LogP contribution in [-0.4, -0.2) is 39.1 Å². The molecule has 0 aliphatic carbocycles. The van der Waals surface area contributed by atoms with E-state index in [4.69, 9.17) is 9.47 Å². The van der Waals surface area contributed by atoms with E-state index in [1.54, 1.807) is 6.08 Å². The summed E-state index contributed by atoms with van der Waals surface area (Å²) in [5.41, 5.74) is 0. The van der Waals surface area contributed by atoms with Crippen LogP contribution in [0.5, 0.6) is 0 Å². The average Bonchev–Trinajstić information content (AvgIpc) is 2.87. The van der Waals surface area contributed by atoms with Crippen molar-refractivity contribution in [3.63, 3.8) is 0 Å². The van der Waals surface area contributed by atoms with Gasteiger partial charge in [0.1, 0.15) is 6.10 Å². The summed E-state index contributed by atoms with van der Waals surface area (Å²) < 4.78 is 14.5. The molecule has 11 heavy (non-hydrogen) atoms. The Bertz CT molecular complexity index is 105. The predicted molar refractivity (Wildman–Crippen MR) is 41.6 cm³/mol. The smallest absolute Gasteiger partial charge is 0.104 e. The van der Waals surface area contributed by atoms with Crippen LogP contribution in [0.4, 0.5) is 0 Å². The molecular weight excluding hydrogens is 144 g/mol. The summed E-state index contributed by atoms with van der Waals surface area (Å²) in [6, 6.07) is 0. The number of epoxide rings is 2. The van der Waals surface area contributed by atoms with Crippen molar-refractivity contribution >= 4 is 0 Å². The fraction of sp³-hybridized carbons (Fsp3) is 0.750. The van der Waals surface area contributed by atoms with Gasteiger partial charge < -0.3 is 14.2 Å². The molecule has 0 aromatic rings. The second-order valence-corrected chi connectivity index (χ2v) is 2.39. The highest BCUT2D eigenvalue weighted by Crippen LogP contribution is 2.07. The third-order valence-corrected chi connectivity index (χ3v) is 1.15. The number of rotatable bonds is 4. The Balaban J connectivity index is 0.000000167. The fourth-order valence-corrected chi connectivity index (χ4v) is 0.447. The molecule has 1 unspecified atom stereocenters. The lowest BCUT2D eigenvalue weighted by Crippen LogP contribution is -2.00. The summed E-state index contributed by atoms with van der Waals surface area (Å²) in [4.78, 5) is 0. The summed E-state index contributed by atoms with van der Waals surface area (Å²) in [5.74, 6) is 0. The first-order chi connectivity index (χ1) is 5.43. The van der Waals surface area contributed by atoms with Crippen LogP contribution in [-0.2, 0) is 14.2 Å². The fourth-order valence-electron chi connectivity index (χ4n) is 0.447. The lowest BCUT2D eigenvalue weighted by molar-refractivity contribution is 0.141. The molecule has 0 aromatic carbocycles. The summed E-state index contributed by atoms with van der Waals surface area (Å²) in [7, 11) is 0. The lowest BCUT2D eigenvalue weighted by atomic mass is 10.5. The first kappa shape index (κ1) is 8.71. The minimum absolute atomic E-state index is 0.384. The molecule has 0 spiro atoms. The number of hydrogen-bond acceptors (Lipinski definition) is 3. The van der Waals surface area contributed by atoms with E-state index < -0.39 is 0 Å². The third-order valence-electron chi connectivity index (χ3n) is 1.15. The van der Waals surface area contributed by atoms with Gasteiger partial charge >= 0.3 is 0 Å². The first-order valence-electron chi connectivity index (χ1n) is 3.81. The van der Waals surface area contributed by atoms with Crippen LogP contribution in [0.1, 0.15) is 0 Å². The molecule has 3 heteroatoms. The minimum atomic E-state index is 0.384. The SMILES string of the molecule is C1CO1.C=CCOCC1CO1. The lowest BCUT2D eigenvalue weighted by Gasteiger charge is -1.92. The van der Waals surface area contributed by atoms with Gasteiger partial charge in [0.2, 0.25) is 0 Å². The first-order valence-corrected chi connectivity index (χ1v) is 3.81. The Kier molecular flexibility index (Phi) is 4.19. The Labute approximate surface area is 66.9 Å². The highest BCUT2D eigenvalue weighted by molar-refractivity contribution is 4.70. The van der Waals surface area contributed by atoms with Gasteiger partial charge in [-0.15, -0.1) is 6.58 Å². The molecule has 0 saturated carbocycles. The van der Waals surface area contributed by atoms with E-state index in [2.05, 4.69) is 11.3 Å². The summed E-state index contributed by atoms with van der Waals surface area (Å²) in [5, 5.41) is 0. The molecule has 2 heterocycles. The molecule has 2 fully saturated rings. The molecular formula is C8H14O3. The molecule has 64 valence electrons. The zero-order valence-electron chi connectivity index (χ0n) is 6.62. The predicted octanol–water partition coefficient (Wildman–Crippen LogP) is 0.604. The van der Waals surface area contributed by atoms with Crippen LogP contribution in [0, 0.1) is 0 Å². The van der Waals surface area contributed by atoms with Crippen molar-refractivity contribution in [2.45, 2.75) is 6.10 Å². The summed E-state index contributed by atoms with van der Waals surface area (Å²) in [6.07, 6.45) is 2.12. The van der Waals surface area contributed by atoms with Crippen LogP contribution >= 0.6 is 0 Å². The second kappa shape index (κ2) is 5.29. The van der Waals surface area contributed by atoms with E-state index in [1.807, 2.05) is 0 Å². The van der Waals surface area contributed by atoms with Gasteiger partial charge in [-0.05, 0) is 0 Å². The Morgan fingerprint density at radius 2 is 2.18 bits per heavy atom. The van der Waals surface area contributed by atoms with Crippen molar-refractivity contribution in [2.75, 3.05) is 33.0 Å². The van der Waals surface area contributed by atoms with Crippen molar-refractivity contribution in [3.05, 3.63) is 12.7 Å². The molecule has 0 aromatic heterocycles. The van der Waals surface area contributed by atoms with Gasteiger partial charge in [0.15, 0.2) is 0 Å². The van der Waals surface area contributed by atoms with E-state index in [-0.39, 0.29) is 0 Å². The average molecular weight is 158 g/mol. The van der Waals surface area contributed by atoms with Gasteiger partial charge in [0, 0.05) is 0 Å². The van der Waals surface area contributed by atoms with Crippen LogP contribution in [0.25, 0.3) is 0 Å². The van der Waals surface area contributed by atoms with E-state index in [1.165, 1.54) is 0 Å². The summed E-state index contributed by atoms with van der Waals surface area (Å²) >= 11 is 0. The minimum Gasteiger partial charge on any atom is -0.377 e. The van der Waals surface area contributed by atoms with Gasteiger partial charge in [-0.1, -0.05) is 6.08 Å². The maximum atomic E-state index is 5.06. The zero-order chi connectivity index (χ0) is 7.94. The van der Waals surface area contributed by atoms with Gasteiger partial charge in [0.05, 0.1) is 33.0 Å². The Hall–Kier alpha value is -0.380. The maximum Gasteiger partial charge on any atom is 0.104 e. The van der Waals surface area contributed by atoms with Crippen molar-refractivity contribution < 1.29 is 14.2 Å². The van der Waals surface area contributed by atoms with Gasteiger partial charge in [-0.25, -0.2) is 0 Å². The van der Waals surface area contributed by atoms with Crippen molar-refractivity contribution in [2.24, 2.45) is 0 Å². The van der Waals surface area contributed by atoms with E-state index >= 15 is 0 Å². The topological polar surface area (TPSA) is 34.3 Å². The highest BCUT2D eigenvalue weighted by Gasteiger charge is 2.21. The maximum absolute atomic E-state index is 5.06. The molecule has 1 atom stereocenters. The molecule has 2 aliphatic rings. The van der Waals surface area contributed by atoms with E-state index in [0.717, 1.165) is 26.4 Å². The van der Waals surface area contributed by atoms with Crippen molar-refractivity contribution in [1.29, 1.82) is 0 Å². The highest BCUT2D eigenvalue weighted by atomic mass is 16.6. The molecule has 0 bridgehead atoms. The van der Waals surface area contributed by atoms with Crippen molar-refractivity contribution in [1.82, 2.24) is 0 Å². The normalized spacial score (nSPS) is 24.9. The molecule has 0 amide bonds. The van der Waals surface area contributed by atoms with Gasteiger partial charge in [-0.3, -0.25) is 0 Å². The zero-order valence-corrected chi connectivity index (χ0v) is 6.62. The third kappa shape index (κ3) is 7.52. The molecule has 2 rings (SSSR count). The van der Waals surface area contributed by atoms with Gasteiger partial charge in [-0.2, -0.15) is 0 Å². The van der Waals surface area contributed by atoms with Gasteiger partial charge in [0.25, 0.3) is 0 Å². The molecule has 2 aliphatic heterocycles. The van der Waals surface area contributed by atoms with Crippen molar-refractivity contribution in [3.8, 4) is 0 Å². The molecule has 3 nitrogen and oxygen atoms in total. The standard InChI is InChI=1S/C6H10O2.C2H4O/c1-2-3-7-4-6-5-8-6;1-2-3-1/h2,6H,1,3-5H2;1-2H2. The second-order valence-electron chi connectivity index (χ2n) is 2.39. The van der Waals surface area contributed by atoms with Crippen LogP contribution in [0.3, 0.4) is 0 Å².